The van der Waals surface area contributed by atoms with Crippen LogP contribution in [0.1, 0.15) is 30.0 Å². The van der Waals surface area contributed by atoms with Crippen molar-refractivity contribution in [1.82, 2.24) is 15.6 Å². The molecule has 0 aliphatic carbocycles. The predicted molar refractivity (Wildman–Crippen MR) is 110 cm³/mol. The van der Waals surface area contributed by atoms with Crippen LogP contribution in [0, 0.1) is 6.92 Å². The summed E-state index contributed by atoms with van der Waals surface area (Å²) in [4.78, 5) is 8.58. The van der Waals surface area contributed by atoms with Crippen molar-refractivity contribution in [3.63, 3.8) is 0 Å². The fourth-order valence-corrected chi connectivity index (χ4v) is 2.63. The number of hydrogen-bond acceptors (Lipinski definition) is 4. The molecule has 0 aliphatic rings. The average molecular weight is 370 g/mol. The van der Waals surface area contributed by atoms with E-state index in [4.69, 9.17) is 9.47 Å². The number of pyridine rings is 1. The third-order valence-electron chi connectivity index (χ3n) is 4.06. The number of guanidine groups is 1. The Labute approximate surface area is 162 Å². The molecule has 0 aliphatic heterocycles. The molecule has 0 fully saturated rings. The minimum absolute atomic E-state index is 0.647. The largest absolute Gasteiger partial charge is 0.496 e. The molecule has 1 heterocycles. The Morgan fingerprint density at radius 2 is 2.04 bits per heavy atom. The number of aryl methyl sites for hydroxylation is 1. The standard InChI is InChI=1S/C21H30N4O2/c1-5-12-27-20-9-7-17(14-24-20)15-25-21(22-3)23-11-10-18-13-16(2)6-8-19(18)26-4/h6-9,13-14H,5,10-12,15H2,1-4H3,(H2,22,23,25). The van der Waals surface area contributed by atoms with E-state index >= 15 is 0 Å². The lowest BCUT2D eigenvalue weighted by atomic mass is 10.1. The Hall–Kier alpha value is -2.76. The fourth-order valence-electron chi connectivity index (χ4n) is 2.63. The number of benzene rings is 1. The molecule has 0 atom stereocenters. The molecule has 2 N–H and O–H groups in total. The van der Waals surface area contributed by atoms with Gasteiger partial charge in [-0.3, -0.25) is 4.99 Å². The summed E-state index contributed by atoms with van der Waals surface area (Å²) >= 11 is 0. The minimum Gasteiger partial charge on any atom is -0.496 e. The first-order valence-electron chi connectivity index (χ1n) is 9.32. The van der Waals surface area contributed by atoms with Gasteiger partial charge in [0.15, 0.2) is 5.96 Å². The molecule has 0 radical (unpaired) electrons. The van der Waals surface area contributed by atoms with E-state index in [0.717, 1.165) is 36.7 Å². The number of nitrogens with zero attached hydrogens (tertiary/aromatic N) is 2. The lowest BCUT2D eigenvalue weighted by molar-refractivity contribution is 0.305. The first-order chi connectivity index (χ1) is 13.2. The maximum absolute atomic E-state index is 5.50. The van der Waals surface area contributed by atoms with Crippen molar-refractivity contribution in [3.05, 3.63) is 53.2 Å². The number of aromatic nitrogens is 1. The summed E-state index contributed by atoms with van der Waals surface area (Å²) in [6, 6.07) is 10.1. The first kappa shape index (κ1) is 20.6. The topological polar surface area (TPSA) is 67.8 Å². The van der Waals surface area contributed by atoms with E-state index < -0.39 is 0 Å². The van der Waals surface area contributed by atoms with Crippen molar-refractivity contribution in [2.45, 2.75) is 33.2 Å². The second-order valence-electron chi connectivity index (χ2n) is 6.27. The summed E-state index contributed by atoms with van der Waals surface area (Å²) in [5.74, 6) is 2.34. The molecule has 6 nitrogen and oxygen atoms in total. The van der Waals surface area contributed by atoms with Crippen molar-refractivity contribution >= 4 is 5.96 Å². The zero-order valence-electron chi connectivity index (χ0n) is 16.7. The van der Waals surface area contributed by atoms with Crippen molar-refractivity contribution in [3.8, 4) is 11.6 Å². The van der Waals surface area contributed by atoms with Crippen molar-refractivity contribution < 1.29 is 9.47 Å². The van der Waals surface area contributed by atoms with Crippen LogP contribution >= 0.6 is 0 Å². The average Bonchev–Trinajstić information content (AvgIpc) is 2.70. The number of ether oxygens (including phenoxy) is 2. The molecule has 6 heteroatoms. The highest BCUT2D eigenvalue weighted by Crippen LogP contribution is 2.19. The van der Waals surface area contributed by atoms with Gasteiger partial charge >= 0.3 is 0 Å². The Kier molecular flexibility index (Phi) is 8.42. The molecule has 27 heavy (non-hydrogen) atoms. The van der Waals surface area contributed by atoms with Crippen LogP contribution in [0.15, 0.2) is 41.5 Å². The zero-order valence-corrected chi connectivity index (χ0v) is 16.7. The molecule has 0 amide bonds. The molecular formula is C21H30N4O2. The molecule has 0 bridgehead atoms. The van der Waals surface area contributed by atoms with Gasteiger partial charge in [0.2, 0.25) is 5.88 Å². The number of methoxy groups -OCH3 is 1. The summed E-state index contributed by atoms with van der Waals surface area (Å²) in [7, 11) is 3.47. The molecule has 0 saturated carbocycles. The highest BCUT2D eigenvalue weighted by atomic mass is 16.5. The third kappa shape index (κ3) is 6.81. The number of nitrogens with one attached hydrogen (secondary N) is 2. The predicted octanol–water partition coefficient (Wildman–Crippen LogP) is 3.10. The molecule has 0 spiro atoms. The van der Waals surface area contributed by atoms with Crippen molar-refractivity contribution in [2.24, 2.45) is 4.99 Å². The molecule has 1 aromatic carbocycles. The van der Waals surface area contributed by atoms with E-state index in [-0.39, 0.29) is 0 Å². The monoisotopic (exact) mass is 370 g/mol. The summed E-state index contributed by atoms with van der Waals surface area (Å²) in [5.41, 5.74) is 3.49. The summed E-state index contributed by atoms with van der Waals surface area (Å²) < 4.78 is 10.9. The second kappa shape index (κ2) is 11.1. The molecule has 0 unspecified atom stereocenters. The molecule has 146 valence electrons. The van der Waals surface area contributed by atoms with Gasteiger partial charge in [0.1, 0.15) is 5.75 Å². The van der Waals surface area contributed by atoms with E-state index in [1.807, 2.05) is 24.4 Å². The van der Waals surface area contributed by atoms with Crippen LogP contribution < -0.4 is 20.1 Å². The van der Waals surface area contributed by atoms with E-state index in [9.17, 15) is 0 Å². The van der Waals surface area contributed by atoms with E-state index in [1.165, 1.54) is 11.1 Å². The van der Waals surface area contributed by atoms with Crippen molar-refractivity contribution in [1.29, 1.82) is 0 Å². The van der Waals surface area contributed by atoms with Crippen LogP contribution in [-0.2, 0) is 13.0 Å². The molecule has 2 rings (SSSR count). The smallest absolute Gasteiger partial charge is 0.213 e. The molecular weight excluding hydrogens is 340 g/mol. The van der Waals surface area contributed by atoms with E-state index in [2.05, 4.69) is 46.6 Å². The Balaban J connectivity index is 1.80. The summed E-state index contributed by atoms with van der Waals surface area (Å²) in [5, 5.41) is 6.64. The Morgan fingerprint density at radius 1 is 1.19 bits per heavy atom. The highest BCUT2D eigenvalue weighted by Gasteiger charge is 2.04. The van der Waals surface area contributed by atoms with Gasteiger partial charge in [-0.15, -0.1) is 0 Å². The molecule has 2 aromatic rings. The van der Waals surface area contributed by atoms with Gasteiger partial charge in [-0.05, 0) is 37.0 Å². The number of aliphatic imine (C=N–C) groups is 1. The first-order valence-corrected chi connectivity index (χ1v) is 9.32. The van der Waals surface area contributed by atoms with Crippen LogP contribution in [0.5, 0.6) is 11.6 Å². The van der Waals surface area contributed by atoms with E-state index in [1.54, 1.807) is 14.2 Å². The van der Waals surface area contributed by atoms with Crippen LogP contribution in [0.25, 0.3) is 0 Å². The lowest BCUT2D eigenvalue weighted by Gasteiger charge is -2.13. The quantitative estimate of drug-likeness (QED) is 0.524. The third-order valence-corrected chi connectivity index (χ3v) is 4.06. The van der Waals surface area contributed by atoms with E-state index in [0.29, 0.717) is 19.0 Å². The van der Waals surface area contributed by atoms with Gasteiger partial charge in [0.05, 0.1) is 13.7 Å². The summed E-state index contributed by atoms with van der Waals surface area (Å²) in [6.07, 6.45) is 3.65. The van der Waals surface area contributed by atoms with Crippen LogP contribution in [0.2, 0.25) is 0 Å². The van der Waals surface area contributed by atoms with Gasteiger partial charge in [-0.2, -0.15) is 0 Å². The number of rotatable bonds is 9. The second-order valence-corrected chi connectivity index (χ2v) is 6.27. The van der Waals surface area contributed by atoms with Crippen LogP contribution in [0.3, 0.4) is 0 Å². The van der Waals surface area contributed by atoms with Gasteiger partial charge < -0.3 is 20.1 Å². The highest BCUT2D eigenvalue weighted by molar-refractivity contribution is 5.79. The SMILES string of the molecule is CCCOc1ccc(CNC(=NC)NCCc2cc(C)ccc2OC)cn1. The lowest BCUT2D eigenvalue weighted by Crippen LogP contribution is -2.37. The number of hydrogen-bond donors (Lipinski definition) is 2. The molecule has 1 aromatic heterocycles. The minimum atomic E-state index is 0.647. The van der Waals surface area contributed by atoms with Gasteiger partial charge in [-0.1, -0.05) is 30.7 Å². The fraction of sp³-hybridized carbons (Fsp3) is 0.429. The Bertz CT molecular complexity index is 729. The van der Waals surface area contributed by atoms with Gasteiger partial charge in [0.25, 0.3) is 0 Å². The van der Waals surface area contributed by atoms with Crippen LogP contribution in [0.4, 0.5) is 0 Å². The summed E-state index contributed by atoms with van der Waals surface area (Å²) in [6.45, 7) is 6.26. The maximum Gasteiger partial charge on any atom is 0.213 e. The normalized spacial score (nSPS) is 11.2. The molecule has 0 saturated heterocycles. The van der Waals surface area contributed by atoms with Crippen LogP contribution in [-0.4, -0.2) is 38.3 Å². The van der Waals surface area contributed by atoms with Gasteiger partial charge in [0, 0.05) is 32.4 Å². The van der Waals surface area contributed by atoms with Gasteiger partial charge in [-0.25, -0.2) is 4.98 Å². The zero-order chi connectivity index (χ0) is 19.5. The maximum atomic E-state index is 5.50. The Morgan fingerprint density at radius 3 is 2.70 bits per heavy atom. The van der Waals surface area contributed by atoms with Crippen molar-refractivity contribution in [2.75, 3.05) is 27.3 Å².